The van der Waals surface area contributed by atoms with Crippen LogP contribution in [-0.2, 0) is 4.79 Å². The molecule has 20 heavy (non-hydrogen) atoms. The van der Waals surface area contributed by atoms with E-state index in [4.69, 9.17) is 5.11 Å². The van der Waals surface area contributed by atoms with Crippen molar-refractivity contribution in [2.45, 2.75) is 12.2 Å². The summed E-state index contributed by atoms with van der Waals surface area (Å²) in [7, 11) is 5.56. The van der Waals surface area contributed by atoms with Crippen molar-refractivity contribution in [3.8, 4) is 0 Å². The van der Waals surface area contributed by atoms with Gasteiger partial charge in [0.2, 0.25) is 0 Å². The summed E-state index contributed by atoms with van der Waals surface area (Å²) in [4.78, 5) is 12.7. The van der Waals surface area contributed by atoms with Crippen molar-refractivity contribution in [2.75, 3.05) is 27.7 Å². The second kappa shape index (κ2) is 10.3. The van der Waals surface area contributed by atoms with Gasteiger partial charge in [0.15, 0.2) is 6.17 Å². The fraction of sp³-hybridized carbons (Fsp3) is 0.462. The van der Waals surface area contributed by atoms with E-state index in [0.717, 1.165) is 12.1 Å². The Hall–Kier alpha value is -1.51. The molecule has 7 N–H and O–H groups in total. The summed E-state index contributed by atoms with van der Waals surface area (Å²) in [6.07, 6.45) is -0.574. The number of likely N-dealkylation sites (N-methyl/N-ethyl adjacent to an activating group) is 1. The van der Waals surface area contributed by atoms with E-state index in [2.05, 4.69) is 10.6 Å². The molecule has 0 bridgehead atoms. The maximum absolute atomic E-state index is 10.9. The summed E-state index contributed by atoms with van der Waals surface area (Å²) >= 11 is 0. The maximum Gasteiger partial charge on any atom is 0.335 e. The van der Waals surface area contributed by atoms with Gasteiger partial charge in [-0.05, 0) is 26.7 Å². The number of hydrogen-bond donors (Lipinski definition) is 3. The van der Waals surface area contributed by atoms with Crippen LogP contribution >= 0.6 is 0 Å². The second-order valence-corrected chi connectivity index (χ2v) is 4.31. The Morgan fingerprint density at radius 3 is 2.20 bits per heavy atom. The monoisotopic (exact) mass is 287 g/mol. The fourth-order valence-corrected chi connectivity index (χ4v) is 1.91. The number of carboxylic acids is 1. The molecule has 0 saturated carbocycles. The highest BCUT2D eigenvalue weighted by Gasteiger charge is 2.33. The van der Waals surface area contributed by atoms with Crippen molar-refractivity contribution in [3.63, 3.8) is 0 Å². The van der Waals surface area contributed by atoms with Crippen molar-refractivity contribution in [2.24, 2.45) is 0 Å². The molecule has 1 aromatic carbocycles. The van der Waals surface area contributed by atoms with Crippen LogP contribution in [0.5, 0.6) is 0 Å². The first-order valence-corrected chi connectivity index (χ1v) is 5.92. The van der Waals surface area contributed by atoms with Gasteiger partial charge in [-0.2, -0.15) is 0 Å². The average molecular weight is 287 g/mol. The lowest BCUT2D eigenvalue weighted by atomic mass is 10.1. The van der Waals surface area contributed by atoms with Crippen LogP contribution in [0.15, 0.2) is 30.3 Å². The summed E-state index contributed by atoms with van der Waals surface area (Å²) < 4.78 is 0. The predicted octanol–water partition coefficient (Wildman–Crippen LogP) is -1.14. The van der Waals surface area contributed by atoms with Crippen LogP contribution in [0.25, 0.3) is 0 Å². The van der Waals surface area contributed by atoms with Crippen molar-refractivity contribution in [3.05, 3.63) is 35.9 Å². The standard InChI is InChI=1S/C11H14N2O2.C2H7N.2H2O/c1-13-7-9(12-10(13)11(14)15)8-5-3-2-4-6-8;1-3-2;;/h2-6,9-10,12H,7H2,1H3,(H,14,15);3H,1-2H3;2*1H2/t9-,10?;;;/m0.../s1. The molecule has 0 radical (unpaired) electrons. The molecule has 2 atom stereocenters. The van der Waals surface area contributed by atoms with E-state index >= 15 is 0 Å². The Bertz CT molecular complexity index is 375. The number of nitrogens with one attached hydrogen (secondary N) is 2. The lowest BCUT2D eigenvalue weighted by molar-refractivity contribution is -0.142. The Labute approximate surface area is 119 Å². The van der Waals surface area contributed by atoms with E-state index in [1.807, 2.05) is 51.5 Å². The van der Waals surface area contributed by atoms with Crippen LogP contribution in [0.4, 0.5) is 0 Å². The lowest BCUT2D eigenvalue weighted by Crippen LogP contribution is -2.40. The summed E-state index contributed by atoms with van der Waals surface area (Å²) in [5.41, 5.74) is 1.13. The largest absolute Gasteiger partial charge is 0.479 e. The van der Waals surface area contributed by atoms with Crippen molar-refractivity contribution >= 4 is 5.97 Å². The minimum absolute atomic E-state index is 0. The molecule has 1 saturated heterocycles. The van der Waals surface area contributed by atoms with E-state index < -0.39 is 12.1 Å². The molecule has 116 valence electrons. The van der Waals surface area contributed by atoms with Crippen LogP contribution in [0.2, 0.25) is 0 Å². The number of rotatable bonds is 2. The quantitative estimate of drug-likeness (QED) is 0.633. The van der Waals surface area contributed by atoms with Gasteiger partial charge in [-0.25, -0.2) is 4.79 Å². The second-order valence-electron chi connectivity index (χ2n) is 4.31. The van der Waals surface area contributed by atoms with Crippen molar-refractivity contribution in [1.29, 1.82) is 0 Å². The third-order valence-corrected chi connectivity index (χ3v) is 2.71. The summed E-state index contributed by atoms with van der Waals surface area (Å²) in [6, 6.07) is 10.0. The van der Waals surface area contributed by atoms with Crippen molar-refractivity contribution < 1.29 is 20.9 Å². The molecular weight excluding hydrogens is 262 g/mol. The van der Waals surface area contributed by atoms with Crippen LogP contribution in [0.3, 0.4) is 0 Å². The molecule has 1 aromatic rings. The first-order chi connectivity index (χ1) is 8.60. The van der Waals surface area contributed by atoms with E-state index in [1.54, 1.807) is 4.90 Å². The van der Waals surface area contributed by atoms with Gasteiger partial charge in [0, 0.05) is 12.6 Å². The average Bonchev–Trinajstić information content (AvgIpc) is 2.74. The molecule has 2 rings (SSSR count). The van der Waals surface area contributed by atoms with Gasteiger partial charge in [-0.3, -0.25) is 10.2 Å². The highest BCUT2D eigenvalue weighted by molar-refractivity contribution is 5.73. The van der Waals surface area contributed by atoms with Gasteiger partial charge >= 0.3 is 5.97 Å². The van der Waals surface area contributed by atoms with Crippen LogP contribution in [0, 0.1) is 0 Å². The molecule has 1 aliphatic rings. The number of benzene rings is 1. The Balaban J connectivity index is 0. The molecule has 7 heteroatoms. The molecule has 1 fully saturated rings. The van der Waals surface area contributed by atoms with Gasteiger partial charge in [0.25, 0.3) is 0 Å². The summed E-state index contributed by atoms with van der Waals surface area (Å²) in [5.74, 6) is -0.823. The van der Waals surface area contributed by atoms with E-state index in [1.165, 1.54) is 0 Å². The zero-order valence-corrected chi connectivity index (χ0v) is 12.1. The molecule has 0 spiro atoms. The zero-order chi connectivity index (χ0) is 13.5. The Morgan fingerprint density at radius 2 is 1.80 bits per heavy atom. The minimum Gasteiger partial charge on any atom is -0.479 e. The topological polar surface area (TPSA) is 128 Å². The molecular formula is C13H25N3O4. The van der Waals surface area contributed by atoms with Crippen LogP contribution in [-0.4, -0.2) is 60.8 Å². The Kier molecular flexibility index (Phi) is 10.7. The van der Waals surface area contributed by atoms with Gasteiger partial charge in [0.05, 0.1) is 0 Å². The highest BCUT2D eigenvalue weighted by atomic mass is 16.4. The van der Waals surface area contributed by atoms with E-state index in [9.17, 15) is 4.79 Å². The number of carbonyl (C=O) groups is 1. The molecule has 7 nitrogen and oxygen atoms in total. The number of carboxylic acid groups (broad SMARTS) is 1. The zero-order valence-electron chi connectivity index (χ0n) is 12.1. The maximum atomic E-state index is 10.9. The van der Waals surface area contributed by atoms with Gasteiger partial charge < -0.3 is 21.4 Å². The predicted molar refractivity (Wildman–Crippen MR) is 78.6 cm³/mol. The summed E-state index contributed by atoms with van der Waals surface area (Å²) in [5, 5.41) is 14.8. The van der Waals surface area contributed by atoms with Gasteiger partial charge in [-0.1, -0.05) is 30.3 Å². The number of hydrogen-bond acceptors (Lipinski definition) is 4. The third kappa shape index (κ3) is 5.64. The SMILES string of the molecule is CN1C[C@@H](c2ccccc2)NC1C(=O)O.CNC.O.O. The van der Waals surface area contributed by atoms with Gasteiger partial charge in [0.1, 0.15) is 0 Å². The molecule has 0 aromatic heterocycles. The van der Waals surface area contributed by atoms with Crippen molar-refractivity contribution in [1.82, 2.24) is 15.5 Å². The normalized spacial score (nSPS) is 20.9. The van der Waals surface area contributed by atoms with Crippen LogP contribution < -0.4 is 10.6 Å². The smallest absolute Gasteiger partial charge is 0.335 e. The molecule has 0 aliphatic carbocycles. The molecule has 0 amide bonds. The van der Waals surface area contributed by atoms with E-state index in [0.29, 0.717) is 0 Å². The lowest BCUT2D eigenvalue weighted by Gasteiger charge is -2.12. The first kappa shape index (κ1) is 20.8. The third-order valence-electron chi connectivity index (χ3n) is 2.71. The summed E-state index contributed by atoms with van der Waals surface area (Å²) in [6.45, 7) is 0.723. The van der Waals surface area contributed by atoms with E-state index in [-0.39, 0.29) is 17.0 Å². The molecule has 1 aliphatic heterocycles. The van der Waals surface area contributed by atoms with Crippen LogP contribution in [0.1, 0.15) is 11.6 Å². The van der Waals surface area contributed by atoms with Gasteiger partial charge in [-0.15, -0.1) is 0 Å². The fourth-order valence-electron chi connectivity index (χ4n) is 1.91. The minimum atomic E-state index is -0.823. The first-order valence-electron chi connectivity index (χ1n) is 5.92. The number of aliphatic carboxylic acids is 1. The highest BCUT2D eigenvalue weighted by Crippen LogP contribution is 2.20. The molecule has 1 unspecified atom stereocenters. The molecule has 1 heterocycles. The Morgan fingerprint density at radius 1 is 1.30 bits per heavy atom. The number of nitrogens with zero attached hydrogens (tertiary/aromatic N) is 1.